The maximum absolute atomic E-state index is 14.4. The van der Waals surface area contributed by atoms with E-state index in [1.165, 1.54) is 16.7 Å². The Bertz CT molecular complexity index is 1540. The number of carbonyl (C=O) groups excluding carboxylic acids is 3. The molecule has 4 amide bonds. The van der Waals surface area contributed by atoms with Crippen LogP contribution in [-0.4, -0.2) is 58.3 Å². The summed E-state index contributed by atoms with van der Waals surface area (Å²) in [5.74, 6) is 0.632. The number of halogens is 1. The number of hydrogen-bond donors (Lipinski definition) is 2. The second-order valence-electron chi connectivity index (χ2n) is 10.2. The van der Waals surface area contributed by atoms with E-state index >= 15 is 0 Å². The third-order valence-electron chi connectivity index (χ3n) is 7.38. The fourth-order valence-electron chi connectivity index (χ4n) is 5.57. The van der Waals surface area contributed by atoms with Crippen molar-refractivity contribution in [3.05, 3.63) is 84.6 Å². The Morgan fingerprint density at radius 2 is 1.95 bits per heavy atom. The third kappa shape index (κ3) is 5.13. The number of benzene rings is 2. The quantitative estimate of drug-likeness (QED) is 0.411. The van der Waals surface area contributed by atoms with Crippen LogP contribution in [-0.2, 0) is 9.59 Å². The summed E-state index contributed by atoms with van der Waals surface area (Å²) in [6.07, 6.45) is 1.62. The highest BCUT2D eigenvalue weighted by molar-refractivity contribution is 8.01. The second kappa shape index (κ2) is 10.9. The van der Waals surface area contributed by atoms with E-state index in [0.717, 1.165) is 17.2 Å². The SMILES string of the molecule is C=CC(=O)N1C[C@@H](F)C[C@@H](NC(=O)C2Sc3nccc4c3C2NC(=O)N4c2ccc(Oc3ccccc3)cc2C)C1. The number of amides is 4. The zero-order valence-electron chi connectivity index (χ0n) is 22.2. The number of anilines is 2. The molecular weight excluding hydrogens is 545 g/mol. The topological polar surface area (TPSA) is 104 Å². The first kappa shape index (κ1) is 26.8. The Morgan fingerprint density at radius 3 is 2.71 bits per heavy atom. The molecule has 0 aliphatic carbocycles. The molecule has 6 rings (SSSR count). The largest absolute Gasteiger partial charge is 0.457 e. The molecule has 1 aromatic heterocycles. The number of urea groups is 1. The van der Waals surface area contributed by atoms with Gasteiger partial charge in [0.2, 0.25) is 11.8 Å². The molecule has 11 heteroatoms. The average molecular weight is 574 g/mol. The first-order valence-electron chi connectivity index (χ1n) is 13.3. The summed E-state index contributed by atoms with van der Waals surface area (Å²) < 4.78 is 20.3. The van der Waals surface area contributed by atoms with E-state index in [4.69, 9.17) is 4.74 Å². The molecule has 4 atom stereocenters. The molecule has 3 aromatic rings. The molecule has 2 aromatic carbocycles. The van der Waals surface area contributed by atoms with E-state index < -0.39 is 23.5 Å². The van der Waals surface area contributed by atoms with E-state index in [9.17, 15) is 18.8 Å². The number of piperidine rings is 1. The van der Waals surface area contributed by atoms with Crippen molar-refractivity contribution in [1.82, 2.24) is 20.5 Å². The second-order valence-corrected chi connectivity index (χ2v) is 11.3. The van der Waals surface area contributed by atoms with Crippen LogP contribution in [0.3, 0.4) is 0 Å². The number of nitrogens with zero attached hydrogens (tertiary/aromatic N) is 3. The first-order valence-corrected chi connectivity index (χ1v) is 14.2. The van der Waals surface area contributed by atoms with Gasteiger partial charge in [-0.1, -0.05) is 36.5 Å². The summed E-state index contributed by atoms with van der Waals surface area (Å²) in [6, 6.07) is 15.2. The van der Waals surface area contributed by atoms with Crippen LogP contribution in [0.2, 0.25) is 0 Å². The van der Waals surface area contributed by atoms with Crippen LogP contribution >= 0.6 is 11.8 Å². The van der Waals surface area contributed by atoms with Crippen molar-refractivity contribution in [1.29, 1.82) is 0 Å². The standard InChI is InChI=1S/C30H28FN5O4S/c1-3-24(37)35-15-18(31)14-19(16-35)33-28(38)27-26-25-23(11-12-32-29(25)41-27)36(30(39)34-26)22-10-9-21(13-17(22)2)40-20-7-5-4-6-8-20/h3-13,18-19,26-27H,1,14-16H2,2H3,(H,33,38)(H,34,39)/t18-,19+,26?,27?/m0/s1. The lowest BCUT2D eigenvalue weighted by Gasteiger charge is -2.36. The monoisotopic (exact) mass is 573 g/mol. The molecule has 41 heavy (non-hydrogen) atoms. The predicted molar refractivity (Wildman–Crippen MR) is 153 cm³/mol. The summed E-state index contributed by atoms with van der Waals surface area (Å²) >= 11 is 1.26. The number of nitrogens with one attached hydrogen (secondary N) is 2. The number of alkyl halides is 1. The first-order chi connectivity index (χ1) is 19.8. The summed E-state index contributed by atoms with van der Waals surface area (Å²) in [4.78, 5) is 46.5. The average Bonchev–Trinajstić information content (AvgIpc) is 3.33. The highest BCUT2D eigenvalue weighted by atomic mass is 32.2. The summed E-state index contributed by atoms with van der Waals surface area (Å²) in [6.45, 7) is 5.54. The lowest BCUT2D eigenvalue weighted by Crippen LogP contribution is -2.55. The van der Waals surface area contributed by atoms with Gasteiger partial charge in [-0.05, 0) is 55.0 Å². The van der Waals surface area contributed by atoms with Crippen LogP contribution in [0.1, 0.15) is 23.6 Å². The number of rotatable bonds is 6. The number of thioether (sulfide) groups is 1. The smallest absolute Gasteiger partial charge is 0.327 e. The number of aromatic nitrogens is 1. The Morgan fingerprint density at radius 1 is 1.15 bits per heavy atom. The number of hydrogen-bond acceptors (Lipinski definition) is 6. The molecule has 0 bridgehead atoms. The van der Waals surface area contributed by atoms with Crippen molar-refractivity contribution in [2.24, 2.45) is 0 Å². The Hall–Kier alpha value is -4.38. The molecule has 2 N–H and O–H groups in total. The molecule has 3 aliphatic heterocycles. The van der Waals surface area contributed by atoms with Gasteiger partial charge in [0.25, 0.3) is 0 Å². The maximum atomic E-state index is 14.4. The lowest BCUT2D eigenvalue weighted by molar-refractivity contribution is -0.130. The van der Waals surface area contributed by atoms with Crippen LogP contribution in [0, 0.1) is 6.92 Å². The minimum Gasteiger partial charge on any atom is -0.457 e. The minimum atomic E-state index is -1.25. The molecular formula is C30H28FN5O4S. The van der Waals surface area contributed by atoms with E-state index in [2.05, 4.69) is 22.2 Å². The zero-order chi connectivity index (χ0) is 28.7. The van der Waals surface area contributed by atoms with Gasteiger partial charge in [0.1, 0.15) is 27.9 Å². The number of likely N-dealkylation sites (tertiary alicyclic amines) is 1. The van der Waals surface area contributed by atoms with Crippen molar-refractivity contribution in [3.8, 4) is 11.5 Å². The Labute approximate surface area is 240 Å². The number of aryl methyl sites for hydroxylation is 1. The van der Waals surface area contributed by atoms with E-state index in [1.54, 1.807) is 17.2 Å². The number of ether oxygens (including phenoxy) is 1. The van der Waals surface area contributed by atoms with Crippen LogP contribution < -0.4 is 20.3 Å². The van der Waals surface area contributed by atoms with E-state index in [0.29, 0.717) is 27.9 Å². The van der Waals surface area contributed by atoms with Crippen molar-refractivity contribution >= 4 is 41.0 Å². The van der Waals surface area contributed by atoms with Gasteiger partial charge in [0.05, 0.1) is 24.0 Å². The van der Waals surface area contributed by atoms with E-state index in [-0.39, 0.29) is 37.4 Å². The Kier molecular flexibility index (Phi) is 7.12. The highest BCUT2D eigenvalue weighted by Crippen LogP contribution is 2.51. The van der Waals surface area contributed by atoms with Gasteiger partial charge in [-0.25, -0.2) is 14.2 Å². The lowest BCUT2D eigenvalue weighted by atomic mass is 9.98. The number of para-hydroxylation sites is 1. The molecule has 1 saturated heterocycles. The highest BCUT2D eigenvalue weighted by Gasteiger charge is 2.47. The van der Waals surface area contributed by atoms with Crippen LogP contribution in [0.15, 0.2) is 78.5 Å². The molecule has 210 valence electrons. The predicted octanol–water partition coefficient (Wildman–Crippen LogP) is 4.80. The fourth-order valence-corrected chi connectivity index (χ4v) is 6.80. The van der Waals surface area contributed by atoms with Crippen molar-refractivity contribution in [2.45, 2.75) is 41.9 Å². The van der Waals surface area contributed by atoms with Gasteiger partial charge in [-0.15, -0.1) is 0 Å². The number of pyridine rings is 1. The minimum absolute atomic E-state index is 0.0264. The molecule has 9 nitrogen and oxygen atoms in total. The van der Waals surface area contributed by atoms with Crippen LogP contribution in [0.4, 0.5) is 20.6 Å². The normalized spacial score (nSPS) is 22.9. The Balaban J connectivity index is 1.23. The maximum Gasteiger partial charge on any atom is 0.327 e. The fraction of sp³-hybridized carbons (Fsp3) is 0.267. The zero-order valence-corrected chi connectivity index (χ0v) is 23.1. The van der Waals surface area contributed by atoms with E-state index in [1.807, 2.05) is 55.5 Å². The summed E-state index contributed by atoms with van der Waals surface area (Å²) in [5.41, 5.74) is 2.91. The summed E-state index contributed by atoms with van der Waals surface area (Å²) in [5, 5.41) is 5.85. The van der Waals surface area contributed by atoms with Crippen LogP contribution in [0.25, 0.3) is 0 Å². The van der Waals surface area contributed by atoms with Crippen molar-refractivity contribution in [2.75, 3.05) is 18.0 Å². The summed E-state index contributed by atoms with van der Waals surface area (Å²) in [7, 11) is 0. The van der Waals surface area contributed by atoms with Crippen molar-refractivity contribution in [3.63, 3.8) is 0 Å². The van der Waals surface area contributed by atoms with Gasteiger partial charge in [-0.3, -0.25) is 14.5 Å². The molecule has 0 radical (unpaired) electrons. The molecule has 0 saturated carbocycles. The molecule has 2 unspecified atom stereocenters. The third-order valence-corrected chi connectivity index (χ3v) is 8.67. The van der Waals surface area contributed by atoms with Gasteiger partial charge < -0.3 is 20.3 Å². The molecule has 1 fully saturated rings. The molecule has 3 aliphatic rings. The van der Waals surface area contributed by atoms with Crippen LogP contribution in [0.5, 0.6) is 11.5 Å². The molecule has 0 spiro atoms. The van der Waals surface area contributed by atoms with Gasteiger partial charge in [0, 0.05) is 30.8 Å². The van der Waals surface area contributed by atoms with Crippen molar-refractivity contribution < 1.29 is 23.5 Å². The van der Waals surface area contributed by atoms with Gasteiger partial charge in [-0.2, -0.15) is 0 Å². The van der Waals surface area contributed by atoms with Gasteiger partial charge in [0.15, 0.2) is 0 Å². The van der Waals surface area contributed by atoms with Gasteiger partial charge >= 0.3 is 6.03 Å². The number of carbonyl (C=O) groups is 3. The molecule has 4 heterocycles.